The minimum atomic E-state index is -0.629. The molecule has 0 saturated carbocycles. The molecule has 0 spiro atoms. The van der Waals surface area contributed by atoms with Crippen LogP contribution in [0.1, 0.15) is 74.0 Å². The van der Waals surface area contributed by atoms with Gasteiger partial charge in [-0.2, -0.15) is 0 Å². The zero-order chi connectivity index (χ0) is 26.8. The molecule has 4 aromatic rings. The number of para-hydroxylation sites is 1. The number of nitrogens with zero attached hydrogens (tertiary/aromatic N) is 2. The molecule has 3 atom stereocenters. The van der Waals surface area contributed by atoms with Crippen LogP contribution in [0.2, 0.25) is 0 Å². The lowest BCUT2D eigenvalue weighted by atomic mass is 9.92. The van der Waals surface area contributed by atoms with Crippen LogP contribution in [-0.2, 0) is 11.8 Å². The van der Waals surface area contributed by atoms with Crippen molar-refractivity contribution in [2.75, 3.05) is 0 Å². The van der Waals surface area contributed by atoms with Crippen molar-refractivity contribution in [3.63, 3.8) is 0 Å². The van der Waals surface area contributed by atoms with Gasteiger partial charge in [-0.25, -0.2) is 0 Å². The van der Waals surface area contributed by atoms with Crippen molar-refractivity contribution in [3.05, 3.63) is 95.6 Å². The number of aryl methyl sites for hydroxylation is 1. The first-order valence-electron chi connectivity index (χ1n) is 13.8. The molecule has 38 heavy (non-hydrogen) atoms. The molecule has 3 aromatic carbocycles. The van der Waals surface area contributed by atoms with Gasteiger partial charge in [-0.3, -0.25) is 9.59 Å². The van der Waals surface area contributed by atoms with Crippen molar-refractivity contribution in [3.8, 4) is 11.3 Å². The number of carbonyl (C=O) groups excluding carboxylic acids is 2. The van der Waals surface area contributed by atoms with Gasteiger partial charge in [0.05, 0.1) is 11.7 Å². The van der Waals surface area contributed by atoms with Crippen molar-refractivity contribution in [2.45, 2.75) is 64.6 Å². The van der Waals surface area contributed by atoms with Gasteiger partial charge in [0.2, 0.25) is 5.91 Å². The van der Waals surface area contributed by atoms with E-state index in [9.17, 15) is 9.59 Å². The number of rotatable bonds is 9. The van der Waals surface area contributed by atoms with Gasteiger partial charge in [0, 0.05) is 35.1 Å². The van der Waals surface area contributed by atoms with Gasteiger partial charge in [-0.1, -0.05) is 92.9 Å². The topological polar surface area (TPSA) is 54.3 Å². The van der Waals surface area contributed by atoms with Crippen LogP contribution in [0.4, 0.5) is 0 Å². The number of carbonyl (C=O) groups is 2. The molecule has 0 saturated heterocycles. The third-order valence-corrected chi connectivity index (χ3v) is 7.89. The van der Waals surface area contributed by atoms with E-state index in [4.69, 9.17) is 0 Å². The molecule has 0 radical (unpaired) electrons. The number of hydrogen-bond acceptors (Lipinski definition) is 2. The standard InChI is InChI=1S/C33H37N3O2/c1-5-6-8-15-22(2)34-32(37)23(3)36-31(25-18-11-12-19-26(25)33(36)38)29-27-20-13-14-21-28(27)35(4)30(29)24-16-9-7-10-17-24/h7,9-14,16-23,31H,5-6,8,15H2,1-4H3,(H,34,37). The molecule has 196 valence electrons. The number of nitrogens with one attached hydrogen (secondary N) is 1. The molecular formula is C33H37N3O2. The Morgan fingerprint density at radius 2 is 1.61 bits per heavy atom. The zero-order valence-electron chi connectivity index (χ0n) is 22.8. The predicted molar refractivity (Wildman–Crippen MR) is 154 cm³/mol. The molecular weight excluding hydrogens is 470 g/mol. The Kier molecular flexibility index (Phi) is 7.37. The summed E-state index contributed by atoms with van der Waals surface area (Å²) in [5, 5.41) is 4.28. The molecule has 2 amide bonds. The third kappa shape index (κ3) is 4.51. The first kappa shape index (κ1) is 25.8. The van der Waals surface area contributed by atoms with Gasteiger partial charge >= 0.3 is 0 Å². The van der Waals surface area contributed by atoms with Gasteiger partial charge < -0.3 is 14.8 Å². The summed E-state index contributed by atoms with van der Waals surface area (Å²) in [6.07, 6.45) is 4.32. The Hall–Kier alpha value is -3.86. The quantitative estimate of drug-likeness (QED) is 0.252. The second kappa shape index (κ2) is 10.9. The lowest BCUT2D eigenvalue weighted by Crippen LogP contribution is -2.49. The predicted octanol–water partition coefficient (Wildman–Crippen LogP) is 6.86. The van der Waals surface area contributed by atoms with Crippen molar-refractivity contribution < 1.29 is 9.59 Å². The molecule has 0 aliphatic carbocycles. The van der Waals surface area contributed by atoms with Crippen molar-refractivity contribution in [1.29, 1.82) is 0 Å². The SMILES string of the molecule is CCCCCC(C)NC(=O)C(C)N1C(=O)c2ccccc2C1c1c(-c2ccccc2)n(C)c2ccccc12. The van der Waals surface area contributed by atoms with Gasteiger partial charge in [-0.05, 0) is 43.5 Å². The molecule has 5 nitrogen and oxygen atoms in total. The van der Waals surface area contributed by atoms with Gasteiger partial charge in [-0.15, -0.1) is 0 Å². The summed E-state index contributed by atoms with van der Waals surface area (Å²) in [4.78, 5) is 29.3. The summed E-state index contributed by atoms with van der Waals surface area (Å²) in [6, 6.07) is 25.5. The molecule has 5 rings (SSSR count). The summed E-state index contributed by atoms with van der Waals surface area (Å²) >= 11 is 0. The molecule has 0 bridgehead atoms. The fourth-order valence-electron chi connectivity index (χ4n) is 5.94. The summed E-state index contributed by atoms with van der Waals surface area (Å²) in [5.74, 6) is -0.208. The van der Waals surface area contributed by atoms with E-state index in [1.807, 2.05) is 61.5 Å². The molecule has 3 unspecified atom stereocenters. The maximum atomic E-state index is 14.0. The zero-order valence-corrected chi connectivity index (χ0v) is 22.8. The molecule has 0 fully saturated rings. The van der Waals surface area contributed by atoms with E-state index in [0.717, 1.165) is 59.0 Å². The highest BCUT2D eigenvalue weighted by Crippen LogP contribution is 2.47. The van der Waals surface area contributed by atoms with E-state index in [-0.39, 0.29) is 23.9 Å². The Morgan fingerprint density at radius 3 is 2.37 bits per heavy atom. The largest absolute Gasteiger partial charge is 0.352 e. The summed E-state index contributed by atoms with van der Waals surface area (Å²) in [5.41, 5.74) is 5.91. The van der Waals surface area contributed by atoms with Gasteiger partial charge in [0.1, 0.15) is 6.04 Å². The van der Waals surface area contributed by atoms with E-state index < -0.39 is 6.04 Å². The first-order chi connectivity index (χ1) is 18.4. The van der Waals surface area contributed by atoms with Crippen LogP contribution in [0, 0.1) is 0 Å². The fraction of sp³-hybridized carbons (Fsp3) is 0.333. The van der Waals surface area contributed by atoms with Crippen molar-refractivity contribution >= 4 is 22.7 Å². The summed E-state index contributed by atoms with van der Waals surface area (Å²) in [6.45, 7) is 6.09. The van der Waals surface area contributed by atoms with Gasteiger partial charge in [0.25, 0.3) is 5.91 Å². The molecule has 2 heterocycles. The normalized spacial score (nSPS) is 16.5. The van der Waals surface area contributed by atoms with Crippen LogP contribution in [-0.4, -0.2) is 33.4 Å². The van der Waals surface area contributed by atoms with Crippen LogP contribution >= 0.6 is 0 Å². The minimum absolute atomic E-state index is 0.0625. The van der Waals surface area contributed by atoms with Crippen LogP contribution in [0.25, 0.3) is 22.2 Å². The molecule has 1 aliphatic rings. The molecule has 1 N–H and O–H groups in total. The molecule has 1 aliphatic heterocycles. The number of amides is 2. The second-order valence-electron chi connectivity index (χ2n) is 10.5. The highest BCUT2D eigenvalue weighted by atomic mass is 16.2. The molecule has 5 heteroatoms. The monoisotopic (exact) mass is 507 g/mol. The Labute approximate surface area is 225 Å². The first-order valence-corrected chi connectivity index (χ1v) is 13.8. The number of hydrogen-bond donors (Lipinski definition) is 1. The van der Waals surface area contributed by atoms with E-state index in [2.05, 4.69) is 55.0 Å². The smallest absolute Gasteiger partial charge is 0.255 e. The maximum absolute atomic E-state index is 14.0. The number of fused-ring (bicyclic) bond motifs is 2. The van der Waals surface area contributed by atoms with Crippen LogP contribution in [0.5, 0.6) is 0 Å². The number of aromatic nitrogens is 1. The van der Waals surface area contributed by atoms with Gasteiger partial charge in [0.15, 0.2) is 0 Å². The Bertz CT molecular complexity index is 1460. The highest BCUT2D eigenvalue weighted by molar-refractivity contribution is 6.04. The van der Waals surface area contributed by atoms with Crippen LogP contribution < -0.4 is 5.32 Å². The summed E-state index contributed by atoms with van der Waals surface area (Å²) < 4.78 is 2.21. The summed E-state index contributed by atoms with van der Waals surface area (Å²) in [7, 11) is 2.08. The maximum Gasteiger partial charge on any atom is 0.255 e. The van der Waals surface area contributed by atoms with E-state index >= 15 is 0 Å². The Balaban J connectivity index is 1.63. The van der Waals surface area contributed by atoms with Crippen LogP contribution in [0.3, 0.4) is 0 Å². The lowest BCUT2D eigenvalue weighted by molar-refractivity contribution is -0.126. The number of benzene rings is 3. The van der Waals surface area contributed by atoms with E-state index in [1.54, 1.807) is 4.90 Å². The minimum Gasteiger partial charge on any atom is -0.352 e. The molecule has 1 aromatic heterocycles. The third-order valence-electron chi connectivity index (χ3n) is 7.89. The average molecular weight is 508 g/mol. The fourth-order valence-corrected chi connectivity index (χ4v) is 5.94. The number of unbranched alkanes of at least 4 members (excludes halogenated alkanes) is 2. The van der Waals surface area contributed by atoms with Crippen molar-refractivity contribution in [2.24, 2.45) is 7.05 Å². The highest BCUT2D eigenvalue weighted by Gasteiger charge is 2.44. The Morgan fingerprint density at radius 1 is 0.921 bits per heavy atom. The van der Waals surface area contributed by atoms with E-state index in [1.165, 1.54) is 0 Å². The average Bonchev–Trinajstić information content (AvgIpc) is 3.39. The van der Waals surface area contributed by atoms with Crippen molar-refractivity contribution in [1.82, 2.24) is 14.8 Å². The lowest BCUT2D eigenvalue weighted by Gasteiger charge is -2.32. The van der Waals surface area contributed by atoms with Crippen LogP contribution in [0.15, 0.2) is 78.9 Å². The van der Waals surface area contributed by atoms with E-state index in [0.29, 0.717) is 5.56 Å². The second-order valence-corrected chi connectivity index (χ2v) is 10.5.